The van der Waals surface area contributed by atoms with E-state index in [0.29, 0.717) is 43.4 Å². The van der Waals surface area contributed by atoms with Crippen molar-refractivity contribution in [3.63, 3.8) is 0 Å². The Kier molecular flexibility index (Phi) is 7.02. The molecular formula is C26H29N7O2. The highest BCUT2D eigenvalue weighted by atomic mass is 16.5. The Morgan fingerprint density at radius 2 is 1.74 bits per heavy atom. The molecule has 35 heavy (non-hydrogen) atoms. The molecular weight excluding hydrogens is 442 g/mol. The molecule has 3 heterocycles. The standard InChI is InChI=1S/C26H29N7O2/c34-22-13-7-16-32(22)17-8-14-28-26-30-24(27-15-18-35-21-11-5-2-6-12-21)23-25(31-26)33(19-29-23)20-9-3-1-4-10-20/h1-6,9-12,19H,7-8,13-18H2,(H2,27,28,30,31). The van der Waals surface area contributed by atoms with Crippen LogP contribution < -0.4 is 15.4 Å². The molecule has 4 aromatic rings. The van der Waals surface area contributed by atoms with Crippen molar-refractivity contribution >= 4 is 28.8 Å². The highest BCUT2D eigenvalue weighted by molar-refractivity contribution is 5.85. The minimum Gasteiger partial charge on any atom is -0.492 e. The molecule has 0 aliphatic carbocycles. The lowest BCUT2D eigenvalue weighted by Crippen LogP contribution is -2.27. The number of imidazole rings is 1. The number of amides is 1. The molecule has 1 fully saturated rings. The SMILES string of the molecule is O=C1CCCN1CCCNc1nc(NCCOc2ccccc2)c2ncn(-c3ccccc3)c2n1. The average Bonchev–Trinajstić information content (AvgIpc) is 3.51. The topological polar surface area (TPSA) is 97.2 Å². The van der Waals surface area contributed by atoms with Gasteiger partial charge in [-0.25, -0.2) is 4.98 Å². The number of carbonyl (C=O) groups excluding carboxylic acids is 1. The number of carbonyl (C=O) groups is 1. The van der Waals surface area contributed by atoms with Crippen LogP contribution in [0.1, 0.15) is 19.3 Å². The van der Waals surface area contributed by atoms with Crippen LogP contribution in [0.2, 0.25) is 0 Å². The third kappa shape index (κ3) is 5.51. The zero-order valence-corrected chi connectivity index (χ0v) is 19.6. The molecule has 180 valence electrons. The summed E-state index contributed by atoms with van der Waals surface area (Å²) < 4.78 is 7.76. The normalized spacial score (nSPS) is 13.4. The van der Waals surface area contributed by atoms with Crippen LogP contribution in [0.4, 0.5) is 11.8 Å². The minimum atomic E-state index is 0.249. The van der Waals surface area contributed by atoms with Crippen LogP contribution in [-0.2, 0) is 4.79 Å². The van der Waals surface area contributed by atoms with Gasteiger partial charge in [-0.1, -0.05) is 36.4 Å². The molecule has 9 nitrogen and oxygen atoms in total. The molecule has 1 amide bonds. The first-order valence-electron chi connectivity index (χ1n) is 12.0. The second kappa shape index (κ2) is 10.9. The smallest absolute Gasteiger partial charge is 0.226 e. The third-order valence-electron chi connectivity index (χ3n) is 5.90. The Balaban J connectivity index is 1.30. The van der Waals surface area contributed by atoms with E-state index in [4.69, 9.17) is 14.7 Å². The summed E-state index contributed by atoms with van der Waals surface area (Å²) in [5, 5.41) is 6.69. The van der Waals surface area contributed by atoms with Crippen molar-refractivity contribution < 1.29 is 9.53 Å². The maximum absolute atomic E-state index is 11.8. The summed E-state index contributed by atoms with van der Waals surface area (Å²) in [7, 11) is 0. The predicted octanol–water partition coefficient (Wildman–Crippen LogP) is 3.73. The quantitative estimate of drug-likeness (QED) is 0.322. The number of nitrogens with zero attached hydrogens (tertiary/aromatic N) is 5. The zero-order valence-electron chi connectivity index (χ0n) is 19.6. The van der Waals surface area contributed by atoms with Crippen molar-refractivity contribution in [3.05, 3.63) is 67.0 Å². The minimum absolute atomic E-state index is 0.249. The number of aromatic nitrogens is 4. The number of para-hydroxylation sites is 2. The Morgan fingerprint density at radius 3 is 2.51 bits per heavy atom. The number of ether oxygens (including phenoxy) is 1. The van der Waals surface area contributed by atoms with Gasteiger partial charge in [-0.15, -0.1) is 0 Å². The number of hydrogen-bond donors (Lipinski definition) is 2. The first-order chi connectivity index (χ1) is 17.3. The first-order valence-corrected chi connectivity index (χ1v) is 12.0. The number of likely N-dealkylation sites (tertiary alicyclic amines) is 1. The molecule has 5 rings (SSSR count). The Hall–Kier alpha value is -4.14. The van der Waals surface area contributed by atoms with Crippen molar-refractivity contribution in [3.8, 4) is 11.4 Å². The third-order valence-corrected chi connectivity index (χ3v) is 5.90. The number of benzene rings is 2. The summed E-state index contributed by atoms with van der Waals surface area (Å²) in [4.78, 5) is 27.8. The van der Waals surface area contributed by atoms with Gasteiger partial charge in [-0.3, -0.25) is 9.36 Å². The Labute approximate surface area is 204 Å². The summed E-state index contributed by atoms with van der Waals surface area (Å²) in [5.74, 6) is 2.25. The van der Waals surface area contributed by atoms with E-state index < -0.39 is 0 Å². The van der Waals surface area contributed by atoms with Crippen LogP contribution in [0.3, 0.4) is 0 Å². The fourth-order valence-electron chi connectivity index (χ4n) is 4.15. The van der Waals surface area contributed by atoms with Gasteiger partial charge >= 0.3 is 0 Å². The Bertz CT molecular complexity index is 1260. The van der Waals surface area contributed by atoms with Gasteiger partial charge in [0.15, 0.2) is 17.0 Å². The number of fused-ring (bicyclic) bond motifs is 1. The highest BCUT2D eigenvalue weighted by Gasteiger charge is 2.19. The lowest BCUT2D eigenvalue weighted by Gasteiger charge is -2.15. The monoisotopic (exact) mass is 471 g/mol. The van der Waals surface area contributed by atoms with E-state index in [9.17, 15) is 4.79 Å². The summed E-state index contributed by atoms with van der Waals surface area (Å²) in [6, 6.07) is 19.7. The van der Waals surface area contributed by atoms with E-state index in [1.165, 1.54) is 0 Å². The van der Waals surface area contributed by atoms with Gasteiger partial charge in [-0.05, 0) is 37.1 Å². The van der Waals surface area contributed by atoms with E-state index in [-0.39, 0.29) is 5.91 Å². The van der Waals surface area contributed by atoms with Crippen molar-refractivity contribution in [1.29, 1.82) is 0 Å². The van der Waals surface area contributed by atoms with E-state index in [1.807, 2.05) is 70.1 Å². The van der Waals surface area contributed by atoms with Crippen molar-refractivity contribution in [1.82, 2.24) is 24.4 Å². The summed E-state index contributed by atoms with van der Waals surface area (Å²) in [5.41, 5.74) is 2.39. The molecule has 0 radical (unpaired) electrons. The van der Waals surface area contributed by atoms with Gasteiger partial charge in [0.1, 0.15) is 18.7 Å². The molecule has 2 aromatic carbocycles. The van der Waals surface area contributed by atoms with Crippen LogP contribution in [0, 0.1) is 0 Å². The van der Waals surface area contributed by atoms with Crippen LogP contribution in [0.15, 0.2) is 67.0 Å². The van der Waals surface area contributed by atoms with Gasteiger partial charge in [0.2, 0.25) is 11.9 Å². The average molecular weight is 472 g/mol. The van der Waals surface area contributed by atoms with Crippen LogP contribution >= 0.6 is 0 Å². The molecule has 1 aliphatic rings. The molecule has 0 saturated carbocycles. The van der Waals surface area contributed by atoms with Crippen LogP contribution in [-0.4, -0.2) is 63.1 Å². The van der Waals surface area contributed by atoms with Gasteiger partial charge < -0.3 is 20.3 Å². The maximum atomic E-state index is 11.8. The number of anilines is 2. The molecule has 0 bridgehead atoms. The van der Waals surface area contributed by atoms with Crippen LogP contribution in [0.5, 0.6) is 5.75 Å². The largest absolute Gasteiger partial charge is 0.492 e. The van der Waals surface area contributed by atoms with Gasteiger partial charge in [0, 0.05) is 31.7 Å². The zero-order chi connectivity index (χ0) is 23.9. The summed E-state index contributed by atoms with van der Waals surface area (Å²) in [6.07, 6.45) is 4.22. The summed E-state index contributed by atoms with van der Waals surface area (Å²) in [6.45, 7) is 3.33. The number of rotatable bonds is 11. The van der Waals surface area contributed by atoms with Crippen LogP contribution in [0.25, 0.3) is 16.9 Å². The lowest BCUT2D eigenvalue weighted by molar-refractivity contribution is -0.127. The van der Waals surface area contributed by atoms with Crippen molar-refractivity contribution in [2.75, 3.05) is 43.4 Å². The second-order valence-electron chi connectivity index (χ2n) is 8.37. The molecule has 2 N–H and O–H groups in total. The molecule has 9 heteroatoms. The Morgan fingerprint density at radius 1 is 0.943 bits per heavy atom. The van der Waals surface area contributed by atoms with E-state index in [2.05, 4.69) is 15.6 Å². The van der Waals surface area contributed by atoms with Gasteiger partial charge in [-0.2, -0.15) is 9.97 Å². The molecule has 0 unspecified atom stereocenters. The molecule has 1 saturated heterocycles. The second-order valence-corrected chi connectivity index (χ2v) is 8.37. The summed E-state index contributed by atoms with van der Waals surface area (Å²) >= 11 is 0. The predicted molar refractivity (Wildman–Crippen MR) is 136 cm³/mol. The number of nitrogens with one attached hydrogen (secondary N) is 2. The molecule has 2 aromatic heterocycles. The maximum Gasteiger partial charge on any atom is 0.226 e. The lowest BCUT2D eigenvalue weighted by atomic mass is 10.3. The molecule has 0 spiro atoms. The fraction of sp³-hybridized carbons (Fsp3) is 0.308. The molecule has 1 aliphatic heterocycles. The van der Waals surface area contributed by atoms with Crippen molar-refractivity contribution in [2.24, 2.45) is 0 Å². The van der Waals surface area contributed by atoms with Gasteiger partial charge in [0.05, 0.1) is 6.54 Å². The number of hydrogen-bond acceptors (Lipinski definition) is 7. The van der Waals surface area contributed by atoms with E-state index in [1.54, 1.807) is 6.33 Å². The van der Waals surface area contributed by atoms with Crippen molar-refractivity contribution in [2.45, 2.75) is 19.3 Å². The van der Waals surface area contributed by atoms with E-state index in [0.717, 1.165) is 43.0 Å². The van der Waals surface area contributed by atoms with E-state index >= 15 is 0 Å². The highest BCUT2D eigenvalue weighted by Crippen LogP contribution is 2.23. The molecule has 0 atom stereocenters. The van der Waals surface area contributed by atoms with Gasteiger partial charge in [0.25, 0.3) is 0 Å². The first kappa shape index (κ1) is 22.6. The fourth-order valence-corrected chi connectivity index (χ4v) is 4.15.